The Kier molecular flexibility index (Phi) is 4.16. The summed E-state index contributed by atoms with van der Waals surface area (Å²) in [6, 6.07) is 0. The van der Waals surface area contributed by atoms with Crippen molar-refractivity contribution in [1.29, 1.82) is 0 Å². The van der Waals surface area contributed by atoms with Crippen LogP contribution >= 0.6 is 0 Å². The normalized spacial score (nSPS) is 12.9. The predicted octanol–water partition coefficient (Wildman–Crippen LogP) is 0.423. The Balaban J connectivity index is 1.97. The number of hydrogen-bond donors (Lipinski definition) is 4. The minimum absolute atomic E-state index is 0.255. The van der Waals surface area contributed by atoms with Gasteiger partial charge in [0, 0.05) is 6.42 Å². The summed E-state index contributed by atoms with van der Waals surface area (Å²) < 4.78 is 0. The van der Waals surface area contributed by atoms with Crippen molar-refractivity contribution < 1.29 is 5.11 Å². The van der Waals surface area contributed by atoms with Crippen LogP contribution in [0.1, 0.15) is 38.4 Å². The second-order valence-electron chi connectivity index (χ2n) is 4.76. The standard InChI is InChI=1S/C12H18N4O3/c1-7(17)5-3-2-4-6-8-13-9-10(14-8)15-12(19)16-11(9)18/h7,17H,2-6H2,1H3,(H3,13,14,15,16,18,19). The molecule has 1 unspecified atom stereocenters. The van der Waals surface area contributed by atoms with Gasteiger partial charge in [-0.05, 0) is 19.8 Å². The van der Waals surface area contributed by atoms with Gasteiger partial charge in [-0.25, -0.2) is 9.78 Å². The van der Waals surface area contributed by atoms with Gasteiger partial charge in [-0.15, -0.1) is 0 Å². The van der Waals surface area contributed by atoms with Crippen LogP contribution in [0.5, 0.6) is 0 Å². The second kappa shape index (κ2) is 5.83. The Hall–Kier alpha value is -1.89. The zero-order valence-electron chi connectivity index (χ0n) is 10.8. The van der Waals surface area contributed by atoms with E-state index >= 15 is 0 Å². The summed E-state index contributed by atoms with van der Waals surface area (Å²) in [5.74, 6) is 0.694. The molecule has 2 aromatic rings. The maximum atomic E-state index is 11.5. The summed E-state index contributed by atoms with van der Waals surface area (Å²) in [6.45, 7) is 1.78. The molecule has 0 aromatic carbocycles. The van der Waals surface area contributed by atoms with E-state index in [4.69, 9.17) is 5.11 Å². The highest BCUT2D eigenvalue weighted by molar-refractivity contribution is 5.68. The van der Waals surface area contributed by atoms with E-state index in [0.717, 1.165) is 32.1 Å². The Bertz CT molecular complexity index is 653. The molecule has 0 amide bonds. The number of aromatic nitrogens is 4. The number of unbranched alkanes of at least 4 members (excludes halogenated alkanes) is 2. The molecule has 1 atom stereocenters. The van der Waals surface area contributed by atoms with Crippen LogP contribution in [0, 0.1) is 0 Å². The van der Waals surface area contributed by atoms with Gasteiger partial charge < -0.3 is 10.1 Å². The fourth-order valence-electron chi connectivity index (χ4n) is 2.01. The van der Waals surface area contributed by atoms with Crippen LogP contribution in [-0.4, -0.2) is 31.1 Å². The lowest BCUT2D eigenvalue weighted by Gasteiger charge is -2.02. The molecule has 7 nitrogen and oxygen atoms in total. The molecule has 0 spiro atoms. The lowest BCUT2D eigenvalue weighted by Crippen LogP contribution is -2.21. The van der Waals surface area contributed by atoms with Crippen LogP contribution in [0.3, 0.4) is 0 Å². The Morgan fingerprint density at radius 2 is 1.95 bits per heavy atom. The van der Waals surface area contributed by atoms with Crippen LogP contribution in [0.25, 0.3) is 11.2 Å². The van der Waals surface area contributed by atoms with Crippen molar-refractivity contribution in [1.82, 2.24) is 19.9 Å². The summed E-state index contributed by atoms with van der Waals surface area (Å²) in [5, 5.41) is 9.13. The number of hydrogen-bond acceptors (Lipinski definition) is 4. The van der Waals surface area contributed by atoms with Crippen molar-refractivity contribution in [2.24, 2.45) is 0 Å². The molecule has 2 aromatic heterocycles. The van der Waals surface area contributed by atoms with E-state index in [0.29, 0.717) is 17.0 Å². The molecular weight excluding hydrogens is 248 g/mol. The van der Waals surface area contributed by atoms with E-state index in [1.807, 2.05) is 0 Å². The van der Waals surface area contributed by atoms with E-state index in [1.54, 1.807) is 6.92 Å². The molecule has 19 heavy (non-hydrogen) atoms. The van der Waals surface area contributed by atoms with E-state index in [2.05, 4.69) is 19.9 Å². The number of aliphatic hydroxyl groups excluding tert-OH is 1. The molecule has 104 valence electrons. The third-order valence-corrected chi connectivity index (χ3v) is 2.97. The third kappa shape index (κ3) is 3.54. The highest BCUT2D eigenvalue weighted by atomic mass is 16.3. The van der Waals surface area contributed by atoms with E-state index in [9.17, 15) is 9.59 Å². The minimum Gasteiger partial charge on any atom is -0.393 e. The van der Waals surface area contributed by atoms with Crippen LogP contribution in [0.2, 0.25) is 0 Å². The molecule has 2 heterocycles. The molecule has 0 radical (unpaired) electrons. The number of nitrogens with one attached hydrogen (secondary N) is 3. The largest absolute Gasteiger partial charge is 0.393 e. The number of H-pyrrole nitrogens is 3. The topological polar surface area (TPSA) is 115 Å². The van der Waals surface area contributed by atoms with Gasteiger partial charge in [-0.2, -0.15) is 0 Å². The Labute approximate surface area is 109 Å². The van der Waals surface area contributed by atoms with E-state index in [-0.39, 0.29) is 6.10 Å². The van der Waals surface area contributed by atoms with Gasteiger partial charge in [0.05, 0.1) is 6.10 Å². The molecule has 2 rings (SSSR count). The number of nitrogens with zero attached hydrogens (tertiary/aromatic N) is 1. The summed E-state index contributed by atoms with van der Waals surface area (Å²) in [4.78, 5) is 34.3. The molecular formula is C12H18N4O3. The van der Waals surface area contributed by atoms with Crippen LogP contribution in [-0.2, 0) is 6.42 Å². The fraction of sp³-hybridized carbons (Fsp3) is 0.583. The Morgan fingerprint density at radius 1 is 1.16 bits per heavy atom. The second-order valence-corrected chi connectivity index (χ2v) is 4.76. The smallest absolute Gasteiger partial charge is 0.327 e. The highest BCUT2D eigenvalue weighted by Crippen LogP contribution is 2.08. The van der Waals surface area contributed by atoms with Crippen molar-refractivity contribution in [2.75, 3.05) is 0 Å². The maximum absolute atomic E-state index is 11.5. The predicted molar refractivity (Wildman–Crippen MR) is 71.2 cm³/mol. The number of imidazole rings is 1. The summed E-state index contributed by atoms with van der Waals surface area (Å²) >= 11 is 0. The highest BCUT2D eigenvalue weighted by Gasteiger charge is 2.07. The Morgan fingerprint density at radius 3 is 2.68 bits per heavy atom. The number of aryl methyl sites for hydroxylation is 1. The fourth-order valence-corrected chi connectivity index (χ4v) is 2.01. The zero-order chi connectivity index (χ0) is 13.8. The van der Waals surface area contributed by atoms with Gasteiger partial charge >= 0.3 is 5.69 Å². The number of aromatic amines is 3. The first-order chi connectivity index (χ1) is 9.06. The number of rotatable bonds is 6. The van der Waals surface area contributed by atoms with E-state index in [1.165, 1.54) is 0 Å². The van der Waals surface area contributed by atoms with Crippen molar-refractivity contribution in [3.05, 3.63) is 26.7 Å². The lowest BCUT2D eigenvalue weighted by atomic mass is 10.1. The van der Waals surface area contributed by atoms with E-state index < -0.39 is 11.2 Å². The van der Waals surface area contributed by atoms with Gasteiger partial charge in [-0.3, -0.25) is 14.8 Å². The zero-order valence-corrected chi connectivity index (χ0v) is 10.8. The molecule has 4 N–H and O–H groups in total. The molecule has 7 heteroatoms. The van der Waals surface area contributed by atoms with Crippen LogP contribution in [0.15, 0.2) is 9.59 Å². The van der Waals surface area contributed by atoms with Crippen molar-refractivity contribution in [3.8, 4) is 0 Å². The van der Waals surface area contributed by atoms with Gasteiger partial charge in [0.25, 0.3) is 5.56 Å². The van der Waals surface area contributed by atoms with Gasteiger partial charge in [0.1, 0.15) is 11.3 Å². The van der Waals surface area contributed by atoms with Crippen LogP contribution < -0.4 is 11.2 Å². The average Bonchev–Trinajstić information content (AvgIpc) is 2.71. The average molecular weight is 266 g/mol. The van der Waals surface area contributed by atoms with Crippen molar-refractivity contribution in [3.63, 3.8) is 0 Å². The summed E-state index contributed by atoms with van der Waals surface area (Å²) in [6.07, 6.45) is 4.15. The molecule has 0 bridgehead atoms. The first-order valence-electron chi connectivity index (χ1n) is 6.45. The molecule has 0 saturated carbocycles. The van der Waals surface area contributed by atoms with Crippen LogP contribution in [0.4, 0.5) is 0 Å². The summed E-state index contributed by atoms with van der Waals surface area (Å²) in [7, 11) is 0. The molecule has 0 aliphatic rings. The van der Waals surface area contributed by atoms with Crippen molar-refractivity contribution >= 4 is 11.2 Å². The first-order valence-corrected chi connectivity index (χ1v) is 6.45. The van der Waals surface area contributed by atoms with Gasteiger partial charge in [0.15, 0.2) is 5.65 Å². The maximum Gasteiger partial charge on any atom is 0.327 e. The lowest BCUT2D eigenvalue weighted by molar-refractivity contribution is 0.180. The number of fused-ring (bicyclic) bond motifs is 1. The van der Waals surface area contributed by atoms with Crippen molar-refractivity contribution in [2.45, 2.75) is 45.1 Å². The minimum atomic E-state index is -0.549. The molecule has 0 fully saturated rings. The molecule has 0 aliphatic heterocycles. The number of aliphatic hydroxyl groups is 1. The summed E-state index contributed by atoms with van der Waals surface area (Å²) in [5.41, 5.74) is -0.398. The quantitative estimate of drug-likeness (QED) is 0.567. The third-order valence-electron chi connectivity index (χ3n) is 2.97. The molecule has 0 aliphatic carbocycles. The van der Waals surface area contributed by atoms with Gasteiger partial charge in [0.2, 0.25) is 0 Å². The van der Waals surface area contributed by atoms with Gasteiger partial charge in [-0.1, -0.05) is 12.8 Å². The monoisotopic (exact) mass is 266 g/mol. The first kappa shape index (κ1) is 13.5. The molecule has 0 saturated heterocycles. The SMILES string of the molecule is CC(O)CCCCCc1nc2[nH]c(=O)[nH]c(=O)c2[nH]1.